The Bertz CT molecular complexity index is 545. The number of hydrogen-bond donors (Lipinski definition) is 2. The van der Waals surface area contributed by atoms with E-state index in [1.807, 2.05) is 32.0 Å². The van der Waals surface area contributed by atoms with E-state index in [0.717, 1.165) is 16.5 Å². The summed E-state index contributed by atoms with van der Waals surface area (Å²) < 4.78 is 0. The Hall–Kier alpha value is -1.48. The van der Waals surface area contributed by atoms with Gasteiger partial charge < -0.3 is 10.3 Å². The van der Waals surface area contributed by atoms with Gasteiger partial charge in [0, 0.05) is 17.4 Å². The number of carbonyl (C=O) groups is 1. The maximum absolute atomic E-state index is 11.7. The van der Waals surface area contributed by atoms with Gasteiger partial charge in [-0.2, -0.15) is 0 Å². The fourth-order valence-electron chi connectivity index (χ4n) is 1.68. The third kappa shape index (κ3) is 1.78. The van der Waals surface area contributed by atoms with Gasteiger partial charge in [0.1, 0.15) is 5.69 Å². The van der Waals surface area contributed by atoms with Crippen LogP contribution in [0.1, 0.15) is 23.0 Å². The number of amides is 1. The lowest BCUT2D eigenvalue weighted by molar-refractivity contribution is 0.0952. The monoisotopic (exact) mass is 236 g/mol. The minimum atomic E-state index is -0.165. The van der Waals surface area contributed by atoms with Crippen LogP contribution in [-0.2, 0) is 0 Å². The van der Waals surface area contributed by atoms with E-state index >= 15 is 0 Å². The van der Waals surface area contributed by atoms with Crippen LogP contribution in [-0.4, -0.2) is 17.4 Å². The van der Waals surface area contributed by atoms with Crippen molar-refractivity contribution in [1.29, 1.82) is 0 Å². The SMILES string of the molecule is CCNC(=O)c1[nH]c2ccc(C)cc2c1Cl. The summed E-state index contributed by atoms with van der Waals surface area (Å²) in [6, 6.07) is 5.88. The summed E-state index contributed by atoms with van der Waals surface area (Å²) in [5.41, 5.74) is 2.44. The average Bonchev–Trinajstić information content (AvgIpc) is 2.57. The average molecular weight is 237 g/mol. The van der Waals surface area contributed by atoms with Gasteiger partial charge in [-0.15, -0.1) is 0 Å². The Kier molecular flexibility index (Phi) is 2.88. The van der Waals surface area contributed by atoms with Crippen LogP contribution in [0.25, 0.3) is 10.9 Å². The first kappa shape index (κ1) is 11.0. The number of benzene rings is 1. The van der Waals surface area contributed by atoms with Gasteiger partial charge in [0.2, 0.25) is 0 Å². The van der Waals surface area contributed by atoms with Crippen LogP contribution in [0.4, 0.5) is 0 Å². The highest BCUT2D eigenvalue weighted by Gasteiger charge is 2.15. The van der Waals surface area contributed by atoms with E-state index in [-0.39, 0.29) is 5.91 Å². The number of fused-ring (bicyclic) bond motifs is 1. The van der Waals surface area contributed by atoms with E-state index in [2.05, 4.69) is 10.3 Å². The molecule has 16 heavy (non-hydrogen) atoms. The summed E-state index contributed by atoms with van der Waals surface area (Å²) in [5, 5.41) is 4.11. The molecular formula is C12H13ClN2O. The summed E-state index contributed by atoms with van der Waals surface area (Å²) >= 11 is 6.17. The van der Waals surface area contributed by atoms with Gasteiger partial charge in [-0.25, -0.2) is 0 Å². The number of aryl methyl sites for hydroxylation is 1. The molecule has 1 aromatic heterocycles. The van der Waals surface area contributed by atoms with Crippen LogP contribution < -0.4 is 5.32 Å². The molecule has 4 heteroatoms. The van der Waals surface area contributed by atoms with Gasteiger partial charge in [-0.05, 0) is 26.0 Å². The Morgan fingerprint density at radius 3 is 2.94 bits per heavy atom. The van der Waals surface area contributed by atoms with Gasteiger partial charge in [-0.1, -0.05) is 23.2 Å². The zero-order valence-corrected chi connectivity index (χ0v) is 9.98. The largest absolute Gasteiger partial charge is 0.351 e. The van der Waals surface area contributed by atoms with Gasteiger partial charge in [-0.3, -0.25) is 4.79 Å². The minimum absolute atomic E-state index is 0.165. The second-order valence-electron chi connectivity index (χ2n) is 3.72. The number of nitrogens with one attached hydrogen (secondary N) is 2. The lowest BCUT2D eigenvalue weighted by Crippen LogP contribution is -2.23. The molecule has 1 aromatic carbocycles. The first-order chi connectivity index (χ1) is 7.63. The fourth-order valence-corrected chi connectivity index (χ4v) is 1.97. The molecule has 0 unspecified atom stereocenters. The van der Waals surface area contributed by atoms with E-state index in [1.54, 1.807) is 0 Å². The third-order valence-corrected chi connectivity index (χ3v) is 2.85. The Balaban J connectivity index is 2.56. The first-order valence-corrected chi connectivity index (χ1v) is 5.57. The Morgan fingerprint density at radius 2 is 2.25 bits per heavy atom. The molecule has 0 saturated carbocycles. The molecule has 84 valence electrons. The molecule has 0 bridgehead atoms. The second kappa shape index (κ2) is 4.18. The van der Waals surface area contributed by atoms with E-state index in [1.165, 1.54) is 0 Å². The quantitative estimate of drug-likeness (QED) is 0.828. The normalized spacial score (nSPS) is 10.7. The van der Waals surface area contributed by atoms with Gasteiger partial charge in [0.15, 0.2) is 0 Å². The molecule has 0 radical (unpaired) electrons. The number of carbonyl (C=O) groups excluding carboxylic acids is 1. The van der Waals surface area contributed by atoms with Gasteiger partial charge in [0.05, 0.1) is 5.02 Å². The predicted octanol–water partition coefficient (Wildman–Crippen LogP) is 2.88. The van der Waals surface area contributed by atoms with Crippen molar-refractivity contribution in [2.45, 2.75) is 13.8 Å². The lowest BCUT2D eigenvalue weighted by atomic mass is 10.2. The molecule has 3 nitrogen and oxygen atoms in total. The minimum Gasteiger partial charge on any atom is -0.351 e. The molecule has 1 heterocycles. The summed E-state index contributed by atoms with van der Waals surface area (Å²) in [6.07, 6.45) is 0. The lowest BCUT2D eigenvalue weighted by Gasteiger charge is -1.98. The van der Waals surface area contributed by atoms with Crippen molar-refractivity contribution in [1.82, 2.24) is 10.3 Å². The molecule has 0 saturated heterocycles. The summed E-state index contributed by atoms with van der Waals surface area (Å²) in [5.74, 6) is -0.165. The first-order valence-electron chi connectivity index (χ1n) is 5.19. The van der Waals surface area contributed by atoms with E-state index in [0.29, 0.717) is 17.3 Å². The molecule has 0 fully saturated rings. The molecule has 0 spiro atoms. The van der Waals surface area contributed by atoms with Crippen LogP contribution in [0.2, 0.25) is 5.02 Å². The van der Waals surface area contributed by atoms with Crippen molar-refractivity contribution in [3.05, 3.63) is 34.5 Å². The van der Waals surface area contributed by atoms with E-state index < -0.39 is 0 Å². The molecule has 0 aliphatic rings. The van der Waals surface area contributed by atoms with Crippen LogP contribution in [0, 0.1) is 6.92 Å². The predicted molar refractivity (Wildman–Crippen MR) is 66.1 cm³/mol. The number of aromatic nitrogens is 1. The highest BCUT2D eigenvalue weighted by atomic mass is 35.5. The van der Waals surface area contributed by atoms with Gasteiger partial charge >= 0.3 is 0 Å². The van der Waals surface area contributed by atoms with Crippen molar-refractivity contribution < 1.29 is 4.79 Å². The number of halogens is 1. The molecule has 2 N–H and O–H groups in total. The second-order valence-corrected chi connectivity index (χ2v) is 4.10. The van der Waals surface area contributed by atoms with E-state index in [9.17, 15) is 4.79 Å². The summed E-state index contributed by atoms with van der Waals surface area (Å²) in [7, 11) is 0. The molecule has 0 aliphatic heterocycles. The van der Waals surface area contributed by atoms with Crippen LogP contribution in [0.3, 0.4) is 0 Å². The van der Waals surface area contributed by atoms with Crippen molar-refractivity contribution in [2.75, 3.05) is 6.54 Å². The molecule has 1 amide bonds. The summed E-state index contributed by atoms with van der Waals surface area (Å²) in [6.45, 7) is 4.46. The topological polar surface area (TPSA) is 44.9 Å². The number of hydrogen-bond acceptors (Lipinski definition) is 1. The molecule has 2 rings (SSSR count). The number of aromatic amines is 1. The molecular weight excluding hydrogens is 224 g/mol. The number of H-pyrrole nitrogens is 1. The van der Waals surface area contributed by atoms with Gasteiger partial charge in [0.25, 0.3) is 5.91 Å². The highest BCUT2D eigenvalue weighted by molar-refractivity contribution is 6.38. The number of rotatable bonds is 2. The molecule has 2 aromatic rings. The smallest absolute Gasteiger partial charge is 0.269 e. The van der Waals surface area contributed by atoms with Crippen LogP contribution >= 0.6 is 11.6 Å². The zero-order chi connectivity index (χ0) is 11.7. The van der Waals surface area contributed by atoms with Crippen molar-refractivity contribution in [3.8, 4) is 0 Å². The van der Waals surface area contributed by atoms with Crippen LogP contribution in [0.5, 0.6) is 0 Å². The fraction of sp³-hybridized carbons (Fsp3) is 0.250. The van der Waals surface area contributed by atoms with Crippen molar-refractivity contribution in [2.24, 2.45) is 0 Å². The van der Waals surface area contributed by atoms with E-state index in [4.69, 9.17) is 11.6 Å². The third-order valence-electron chi connectivity index (χ3n) is 2.46. The highest BCUT2D eigenvalue weighted by Crippen LogP contribution is 2.28. The van der Waals surface area contributed by atoms with Crippen molar-refractivity contribution in [3.63, 3.8) is 0 Å². The maximum atomic E-state index is 11.7. The van der Waals surface area contributed by atoms with Crippen LogP contribution in [0.15, 0.2) is 18.2 Å². The standard InChI is InChI=1S/C12H13ClN2O/c1-3-14-12(16)11-10(13)8-6-7(2)4-5-9(8)15-11/h4-6,15H,3H2,1-2H3,(H,14,16). The summed E-state index contributed by atoms with van der Waals surface area (Å²) in [4.78, 5) is 14.7. The Labute approximate surface area is 98.8 Å². The Morgan fingerprint density at radius 1 is 1.50 bits per heavy atom. The zero-order valence-electron chi connectivity index (χ0n) is 9.23. The maximum Gasteiger partial charge on any atom is 0.269 e. The molecule has 0 aliphatic carbocycles. The molecule has 0 atom stereocenters. The van der Waals surface area contributed by atoms with Crippen molar-refractivity contribution >= 4 is 28.4 Å².